The fraction of sp³-hybridized carbons (Fsp3) is 0.558. The molecule has 0 fully saturated rings. The zero-order chi connectivity index (χ0) is 42.0. The van der Waals surface area contributed by atoms with Crippen LogP contribution in [0.5, 0.6) is 0 Å². The summed E-state index contributed by atoms with van der Waals surface area (Å²) in [6, 6.07) is 14.0. The van der Waals surface area contributed by atoms with Crippen molar-refractivity contribution in [1.29, 1.82) is 0 Å². The summed E-state index contributed by atoms with van der Waals surface area (Å²) in [6.45, 7) is 3.94. The molecule has 0 saturated carbocycles. The highest BCUT2D eigenvalue weighted by molar-refractivity contribution is 5.94. The van der Waals surface area contributed by atoms with Crippen LogP contribution in [0.4, 0.5) is 0 Å². The van der Waals surface area contributed by atoms with E-state index in [4.69, 9.17) is 11.5 Å². The summed E-state index contributed by atoms with van der Waals surface area (Å²) in [7, 11) is 0. The highest BCUT2D eigenvalue weighted by Gasteiger charge is 2.29. The normalized spacial score (nSPS) is 13.1. The number of rotatable bonds is 30. The third-order valence-electron chi connectivity index (χ3n) is 9.56. The van der Waals surface area contributed by atoms with Gasteiger partial charge in [-0.25, -0.2) is 4.79 Å². The Kier molecular flexibility index (Phi) is 23.0. The Hall–Kier alpha value is -5.27. The summed E-state index contributed by atoms with van der Waals surface area (Å²) in [5.41, 5.74) is 12.5. The number of primary amides is 2. The van der Waals surface area contributed by atoms with Crippen molar-refractivity contribution in [1.82, 2.24) is 21.3 Å². The Balaban J connectivity index is 1.58. The van der Waals surface area contributed by atoms with Gasteiger partial charge in [0.05, 0.1) is 6.42 Å². The van der Waals surface area contributed by atoms with E-state index in [1.165, 1.54) is 0 Å². The van der Waals surface area contributed by atoms with Crippen LogP contribution in [-0.2, 0) is 46.4 Å². The molecular weight excluding hydrogens is 729 g/mol. The largest absolute Gasteiger partial charge is 0.480 e. The molecule has 0 aromatic heterocycles. The average Bonchev–Trinajstić information content (AvgIpc) is 3.15. The molecule has 2 rings (SSSR count). The van der Waals surface area contributed by atoms with E-state index in [-0.39, 0.29) is 31.1 Å². The van der Waals surface area contributed by atoms with Crippen molar-refractivity contribution < 1.29 is 38.7 Å². The van der Waals surface area contributed by atoms with Crippen LogP contribution in [0, 0.1) is 5.92 Å². The second-order valence-corrected chi connectivity index (χ2v) is 15.2. The number of amides is 6. The summed E-state index contributed by atoms with van der Waals surface area (Å²) in [5, 5.41) is 20.2. The number of unbranched alkanes of at least 4 members (excludes halogenated alkanes) is 10. The van der Waals surface area contributed by atoms with Crippen LogP contribution >= 0.6 is 0 Å². The van der Waals surface area contributed by atoms with Crippen LogP contribution in [-0.4, -0.2) is 70.7 Å². The molecule has 314 valence electrons. The molecule has 0 heterocycles. The summed E-state index contributed by atoms with van der Waals surface area (Å²) in [4.78, 5) is 86.7. The quantitative estimate of drug-likeness (QED) is 0.0570. The van der Waals surface area contributed by atoms with E-state index in [1.54, 1.807) is 30.3 Å². The van der Waals surface area contributed by atoms with Gasteiger partial charge in [-0.2, -0.15) is 0 Å². The first-order chi connectivity index (χ1) is 27.2. The summed E-state index contributed by atoms with van der Waals surface area (Å²) < 4.78 is 0. The fourth-order valence-electron chi connectivity index (χ4n) is 6.48. The lowest BCUT2D eigenvalue weighted by atomic mass is 10.0. The molecule has 0 unspecified atom stereocenters. The Morgan fingerprint density at radius 2 is 0.912 bits per heavy atom. The first-order valence-electron chi connectivity index (χ1n) is 20.3. The van der Waals surface area contributed by atoms with Crippen molar-refractivity contribution in [2.75, 3.05) is 0 Å². The van der Waals surface area contributed by atoms with Crippen LogP contribution < -0.4 is 32.7 Å². The molecule has 0 aliphatic carbocycles. The molecular formula is C43H64N6O8. The molecule has 0 spiro atoms. The summed E-state index contributed by atoms with van der Waals surface area (Å²) >= 11 is 0. The summed E-state index contributed by atoms with van der Waals surface area (Å²) in [5.74, 6) is -4.29. The number of hydrogen-bond donors (Lipinski definition) is 7. The fourth-order valence-corrected chi connectivity index (χ4v) is 6.48. The molecule has 57 heavy (non-hydrogen) atoms. The van der Waals surface area contributed by atoms with Crippen LogP contribution in [0.25, 0.3) is 0 Å². The lowest BCUT2D eigenvalue weighted by Gasteiger charge is -2.23. The van der Waals surface area contributed by atoms with Gasteiger partial charge in [0, 0.05) is 25.7 Å². The zero-order valence-corrected chi connectivity index (χ0v) is 33.6. The maximum absolute atomic E-state index is 13.1. The maximum Gasteiger partial charge on any atom is 0.326 e. The third kappa shape index (κ3) is 21.6. The monoisotopic (exact) mass is 792 g/mol. The zero-order valence-electron chi connectivity index (χ0n) is 33.6. The van der Waals surface area contributed by atoms with Crippen molar-refractivity contribution in [2.45, 2.75) is 147 Å². The van der Waals surface area contributed by atoms with Crippen molar-refractivity contribution in [2.24, 2.45) is 17.4 Å². The van der Waals surface area contributed by atoms with Crippen molar-refractivity contribution >= 4 is 41.4 Å². The van der Waals surface area contributed by atoms with Gasteiger partial charge in [-0.05, 0) is 36.3 Å². The van der Waals surface area contributed by atoms with Gasteiger partial charge in [-0.3, -0.25) is 28.8 Å². The van der Waals surface area contributed by atoms with Gasteiger partial charge in [-0.1, -0.05) is 132 Å². The molecule has 0 bridgehead atoms. The minimum Gasteiger partial charge on any atom is -0.480 e. The molecule has 2 aromatic carbocycles. The standard InChI is InChI=1S/C43H64N6O8/c1-30(2)26-34(41(54)48-33(40(45)53)27-31-20-14-12-15-21-31)46-38(51)24-18-10-8-6-4-3-5-7-9-11-19-25-39(52)47-35(29-37(44)50)42(55)49-36(43(56)57)28-32-22-16-13-17-23-32/h12-17,20-23,30,33-36H,3-11,18-19,24-29H2,1-2H3,(H2,44,50)(H2,45,53)(H,46,51)(H,47,52)(H,48,54)(H,49,55)(H,56,57)/t33-,34-,35-,36-/m0/s1. The average molecular weight is 793 g/mol. The highest BCUT2D eigenvalue weighted by Crippen LogP contribution is 2.14. The molecule has 0 aliphatic heterocycles. The van der Waals surface area contributed by atoms with Gasteiger partial charge in [-0.15, -0.1) is 0 Å². The van der Waals surface area contributed by atoms with Crippen LogP contribution in [0.15, 0.2) is 60.7 Å². The Bertz CT molecular complexity index is 1560. The predicted octanol–water partition coefficient (Wildman–Crippen LogP) is 3.97. The first kappa shape index (κ1) is 47.9. The number of carbonyl (C=O) groups is 7. The van der Waals surface area contributed by atoms with Gasteiger partial charge in [0.15, 0.2) is 0 Å². The molecule has 6 amide bonds. The van der Waals surface area contributed by atoms with Gasteiger partial charge >= 0.3 is 5.97 Å². The lowest BCUT2D eigenvalue weighted by molar-refractivity contribution is -0.142. The van der Waals surface area contributed by atoms with Crippen LogP contribution in [0.3, 0.4) is 0 Å². The van der Waals surface area contributed by atoms with Gasteiger partial charge in [0.25, 0.3) is 0 Å². The second kappa shape index (κ2) is 27.3. The topological polar surface area (TPSA) is 240 Å². The Morgan fingerprint density at radius 1 is 0.526 bits per heavy atom. The molecule has 9 N–H and O–H groups in total. The maximum atomic E-state index is 13.1. The van der Waals surface area contributed by atoms with Gasteiger partial charge in [0.2, 0.25) is 35.4 Å². The van der Waals surface area contributed by atoms with Crippen molar-refractivity contribution in [3.05, 3.63) is 71.8 Å². The second-order valence-electron chi connectivity index (χ2n) is 15.2. The van der Waals surface area contributed by atoms with E-state index < -0.39 is 66.1 Å². The smallest absolute Gasteiger partial charge is 0.326 e. The number of carbonyl (C=O) groups excluding carboxylic acids is 6. The minimum atomic E-state index is -1.26. The Labute approximate surface area is 337 Å². The van der Waals surface area contributed by atoms with Gasteiger partial charge in [0.1, 0.15) is 24.2 Å². The van der Waals surface area contributed by atoms with Crippen LogP contribution in [0.1, 0.15) is 121 Å². The number of aliphatic carboxylic acids is 1. The van der Waals surface area contributed by atoms with E-state index in [0.29, 0.717) is 24.8 Å². The molecule has 14 nitrogen and oxygen atoms in total. The third-order valence-corrected chi connectivity index (χ3v) is 9.56. The molecule has 0 aliphatic rings. The number of carboxylic acids is 1. The van der Waals surface area contributed by atoms with Gasteiger partial charge < -0.3 is 37.8 Å². The van der Waals surface area contributed by atoms with Crippen molar-refractivity contribution in [3.63, 3.8) is 0 Å². The molecule has 2 aromatic rings. The lowest BCUT2D eigenvalue weighted by Crippen LogP contribution is -2.54. The van der Waals surface area contributed by atoms with E-state index in [2.05, 4.69) is 21.3 Å². The van der Waals surface area contributed by atoms with E-state index in [1.807, 2.05) is 44.2 Å². The number of benzene rings is 2. The number of carboxylic acid groups (broad SMARTS) is 1. The van der Waals surface area contributed by atoms with E-state index >= 15 is 0 Å². The molecule has 4 atom stereocenters. The Morgan fingerprint density at radius 3 is 1.32 bits per heavy atom. The van der Waals surface area contributed by atoms with E-state index in [0.717, 1.165) is 69.8 Å². The number of hydrogen-bond acceptors (Lipinski definition) is 7. The van der Waals surface area contributed by atoms with Crippen molar-refractivity contribution in [3.8, 4) is 0 Å². The SMILES string of the molecule is CC(C)C[C@H](NC(=O)CCCCCCCCCCCCCC(=O)N[C@@H](CC(N)=O)C(=O)N[C@@H](Cc1ccccc1)C(=O)O)C(=O)N[C@@H](Cc1ccccc1)C(N)=O. The number of nitrogens with one attached hydrogen (secondary N) is 4. The highest BCUT2D eigenvalue weighted by atomic mass is 16.4. The first-order valence-corrected chi connectivity index (χ1v) is 20.3. The molecule has 0 saturated heterocycles. The molecule has 0 radical (unpaired) electrons. The summed E-state index contributed by atoms with van der Waals surface area (Å²) in [6.07, 6.45) is 11.2. The minimum absolute atomic E-state index is 0.0439. The van der Waals surface area contributed by atoms with E-state index in [9.17, 15) is 38.7 Å². The predicted molar refractivity (Wildman–Crippen MR) is 218 cm³/mol. The van der Waals surface area contributed by atoms with Crippen LogP contribution in [0.2, 0.25) is 0 Å². The number of nitrogens with two attached hydrogens (primary N) is 2. The molecule has 14 heteroatoms.